The van der Waals surface area contributed by atoms with Crippen LogP contribution in [0.1, 0.15) is 36.8 Å². The number of hydrogen-bond acceptors (Lipinski definition) is 3. The maximum Gasteiger partial charge on any atom is 0.215 e. The van der Waals surface area contributed by atoms with Crippen LogP contribution in [-0.2, 0) is 22.3 Å². The van der Waals surface area contributed by atoms with Gasteiger partial charge >= 0.3 is 0 Å². The molecule has 1 aromatic rings. The second-order valence-electron chi connectivity index (χ2n) is 5.61. The van der Waals surface area contributed by atoms with Crippen molar-refractivity contribution in [3.63, 3.8) is 0 Å². The summed E-state index contributed by atoms with van der Waals surface area (Å²) in [6, 6.07) is 7.73. The zero-order valence-electron chi connectivity index (χ0n) is 12.1. The molecule has 1 saturated carbocycles. The highest BCUT2D eigenvalue weighted by molar-refractivity contribution is 7.88. The van der Waals surface area contributed by atoms with Crippen molar-refractivity contribution in [2.45, 2.75) is 38.0 Å². The van der Waals surface area contributed by atoms with E-state index >= 15 is 0 Å². The van der Waals surface area contributed by atoms with Gasteiger partial charge in [-0.05, 0) is 36.9 Å². The summed E-state index contributed by atoms with van der Waals surface area (Å²) in [6.07, 6.45) is 4.78. The fraction of sp³-hybridized carbons (Fsp3) is 0.600. The van der Waals surface area contributed by atoms with E-state index in [2.05, 4.69) is 10.0 Å². The zero-order valence-corrected chi connectivity index (χ0v) is 12.9. The summed E-state index contributed by atoms with van der Waals surface area (Å²) in [5.74, 6) is 0.595. The van der Waals surface area contributed by atoms with Crippen molar-refractivity contribution >= 4 is 10.0 Å². The van der Waals surface area contributed by atoms with Gasteiger partial charge in [-0.1, -0.05) is 37.1 Å². The van der Waals surface area contributed by atoms with Gasteiger partial charge in [-0.2, -0.15) is 0 Å². The maximum absolute atomic E-state index is 12.1. The second-order valence-corrected chi connectivity index (χ2v) is 7.42. The Morgan fingerprint density at radius 1 is 1.20 bits per heavy atom. The third kappa shape index (κ3) is 4.89. The topological polar surface area (TPSA) is 58.2 Å². The van der Waals surface area contributed by atoms with E-state index in [1.807, 2.05) is 31.3 Å². The average Bonchev–Trinajstić information content (AvgIpc) is 2.90. The third-order valence-electron chi connectivity index (χ3n) is 3.80. The Bertz CT molecular complexity index is 522. The number of rotatable bonds is 7. The molecule has 112 valence electrons. The van der Waals surface area contributed by atoms with E-state index in [1.54, 1.807) is 0 Å². The van der Waals surface area contributed by atoms with Crippen molar-refractivity contribution in [2.75, 3.05) is 13.6 Å². The number of nitrogens with one attached hydrogen (secondary N) is 2. The first-order chi connectivity index (χ1) is 9.59. The Morgan fingerprint density at radius 3 is 2.60 bits per heavy atom. The molecule has 0 radical (unpaired) electrons. The predicted molar refractivity (Wildman–Crippen MR) is 81.8 cm³/mol. The van der Waals surface area contributed by atoms with Crippen molar-refractivity contribution in [3.05, 3.63) is 35.4 Å². The Balaban J connectivity index is 1.91. The summed E-state index contributed by atoms with van der Waals surface area (Å²) in [6.45, 7) is 1.35. The van der Waals surface area contributed by atoms with Gasteiger partial charge in [0, 0.05) is 13.1 Å². The summed E-state index contributed by atoms with van der Waals surface area (Å²) in [5.41, 5.74) is 1.95. The van der Waals surface area contributed by atoms with E-state index in [4.69, 9.17) is 0 Å². The minimum atomic E-state index is -3.22. The molecule has 0 atom stereocenters. The largest absolute Gasteiger partial charge is 0.316 e. The van der Waals surface area contributed by atoms with Gasteiger partial charge < -0.3 is 5.32 Å². The first-order valence-electron chi connectivity index (χ1n) is 7.29. The predicted octanol–water partition coefficient (Wildman–Crippen LogP) is 2.02. The van der Waals surface area contributed by atoms with Crippen LogP contribution in [0.5, 0.6) is 0 Å². The van der Waals surface area contributed by atoms with Gasteiger partial charge in [0.1, 0.15) is 0 Å². The number of hydrogen-bond donors (Lipinski definition) is 2. The van der Waals surface area contributed by atoms with Gasteiger partial charge in [-0.3, -0.25) is 0 Å². The molecule has 20 heavy (non-hydrogen) atoms. The highest BCUT2D eigenvalue weighted by Gasteiger charge is 2.18. The molecule has 0 bridgehead atoms. The number of sulfonamides is 1. The summed E-state index contributed by atoms with van der Waals surface area (Å²) in [5, 5.41) is 3.07. The van der Waals surface area contributed by atoms with Crippen LogP contribution >= 0.6 is 0 Å². The molecule has 0 heterocycles. The van der Waals surface area contributed by atoms with Crippen LogP contribution in [0.15, 0.2) is 24.3 Å². The lowest BCUT2D eigenvalue weighted by molar-refractivity contribution is 0.519. The minimum absolute atomic E-state index is 0.0667. The first kappa shape index (κ1) is 15.5. The SMILES string of the molecule is CNCc1cccc(CS(=O)(=O)NCC2CCCC2)c1. The van der Waals surface area contributed by atoms with E-state index in [1.165, 1.54) is 12.8 Å². The molecule has 0 amide bonds. The molecule has 2 rings (SSSR count). The smallest absolute Gasteiger partial charge is 0.215 e. The van der Waals surface area contributed by atoms with Gasteiger partial charge in [0.05, 0.1) is 5.75 Å². The number of benzene rings is 1. The van der Waals surface area contributed by atoms with Gasteiger partial charge in [0.2, 0.25) is 10.0 Å². The summed E-state index contributed by atoms with van der Waals surface area (Å²) in [4.78, 5) is 0. The molecular formula is C15H24N2O2S. The van der Waals surface area contributed by atoms with Crippen LogP contribution in [0.2, 0.25) is 0 Å². The summed E-state index contributed by atoms with van der Waals surface area (Å²) >= 11 is 0. The molecule has 0 aromatic heterocycles. The maximum atomic E-state index is 12.1. The van der Waals surface area contributed by atoms with Crippen LogP contribution < -0.4 is 10.0 Å². The summed E-state index contributed by atoms with van der Waals surface area (Å²) < 4.78 is 27.0. The lowest BCUT2D eigenvalue weighted by Gasteiger charge is -2.11. The third-order valence-corrected chi connectivity index (χ3v) is 5.12. The minimum Gasteiger partial charge on any atom is -0.316 e. The van der Waals surface area contributed by atoms with Gasteiger partial charge in [0.25, 0.3) is 0 Å². The van der Waals surface area contributed by atoms with Crippen LogP contribution in [-0.4, -0.2) is 22.0 Å². The normalized spacial score (nSPS) is 16.6. The van der Waals surface area contributed by atoms with Crippen molar-refractivity contribution < 1.29 is 8.42 Å². The van der Waals surface area contributed by atoms with Crippen LogP contribution in [0.25, 0.3) is 0 Å². The molecule has 0 saturated heterocycles. The van der Waals surface area contributed by atoms with E-state index in [9.17, 15) is 8.42 Å². The standard InChI is InChI=1S/C15H24N2O2S/c1-16-10-14-7-4-8-15(9-14)12-20(18,19)17-11-13-5-2-3-6-13/h4,7-9,13,16-17H,2-3,5-6,10-12H2,1H3. The van der Waals surface area contributed by atoms with E-state index < -0.39 is 10.0 Å². The van der Waals surface area contributed by atoms with Crippen molar-refractivity contribution in [1.29, 1.82) is 0 Å². The molecule has 0 spiro atoms. The van der Waals surface area contributed by atoms with E-state index in [-0.39, 0.29) is 5.75 Å². The van der Waals surface area contributed by atoms with E-state index in [0.29, 0.717) is 12.5 Å². The molecule has 4 nitrogen and oxygen atoms in total. The highest BCUT2D eigenvalue weighted by atomic mass is 32.2. The quantitative estimate of drug-likeness (QED) is 0.809. The molecule has 1 aromatic carbocycles. The summed E-state index contributed by atoms with van der Waals surface area (Å²) in [7, 11) is -1.34. The van der Waals surface area contributed by atoms with Crippen LogP contribution in [0.4, 0.5) is 0 Å². The molecule has 1 aliphatic rings. The fourth-order valence-corrected chi connectivity index (χ4v) is 3.97. The lowest BCUT2D eigenvalue weighted by atomic mass is 10.1. The fourth-order valence-electron chi connectivity index (χ4n) is 2.76. The molecule has 1 aliphatic carbocycles. The van der Waals surface area contributed by atoms with Gasteiger partial charge in [0.15, 0.2) is 0 Å². The van der Waals surface area contributed by atoms with Gasteiger partial charge in [-0.25, -0.2) is 13.1 Å². The van der Waals surface area contributed by atoms with Gasteiger partial charge in [-0.15, -0.1) is 0 Å². The lowest BCUT2D eigenvalue weighted by Crippen LogP contribution is -2.29. The van der Waals surface area contributed by atoms with Crippen LogP contribution in [0, 0.1) is 5.92 Å². The van der Waals surface area contributed by atoms with Crippen molar-refractivity contribution in [2.24, 2.45) is 5.92 Å². The van der Waals surface area contributed by atoms with Crippen LogP contribution in [0.3, 0.4) is 0 Å². The molecule has 2 N–H and O–H groups in total. The molecule has 1 fully saturated rings. The first-order valence-corrected chi connectivity index (χ1v) is 8.94. The molecular weight excluding hydrogens is 272 g/mol. The monoisotopic (exact) mass is 296 g/mol. The highest BCUT2D eigenvalue weighted by Crippen LogP contribution is 2.24. The molecule has 5 heteroatoms. The Kier molecular flexibility index (Phi) is 5.57. The zero-order chi connectivity index (χ0) is 14.4. The molecule has 0 unspecified atom stereocenters. The van der Waals surface area contributed by atoms with Crippen molar-refractivity contribution in [1.82, 2.24) is 10.0 Å². The second kappa shape index (κ2) is 7.20. The Morgan fingerprint density at radius 2 is 1.90 bits per heavy atom. The molecule has 0 aliphatic heterocycles. The van der Waals surface area contributed by atoms with E-state index in [0.717, 1.165) is 30.5 Å². The Labute approximate surface area is 122 Å². The van der Waals surface area contributed by atoms with Crippen molar-refractivity contribution in [3.8, 4) is 0 Å². The average molecular weight is 296 g/mol. The Hall–Kier alpha value is -0.910.